The Hall–Kier alpha value is -2.62. The maximum absolute atomic E-state index is 5.79. The number of benzene rings is 2. The van der Waals surface area contributed by atoms with Crippen molar-refractivity contribution < 1.29 is 4.74 Å². The molecule has 0 spiro atoms. The van der Waals surface area contributed by atoms with Crippen LogP contribution in [-0.4, -0.2) is 9.97 Å². The van der Waals surface area contributed by atoms with Crippen molar-refractivity contribution in [3.05, 3.63) is 53.9 Å². The maximum Gasteiger partial charge on any atom is 0.129 e. The van der Waals surface area contributed by atoms with Crippen molar-refractivity contribution in [2.45, 2.75) is 13.8 Å². The highest BCUT2D eigenvalue weighted by atomic mass is 16.5. The highest BCUT2D eigenvalue weighted by molar-refractivity contribution is 5.76. The second kappa shape index (κ2) is 4.81. The van der Waals surface area contributed by atoms with Gasteiger partial charge in [0.15, 0.2) is 0 Å². The number of hydrogen-bond acceptors (Lipinski definition) is 4. The van der Waals surface area contributed by atoms with Gasteiger partial charge in [0.25, 0.3) is 0 Å². The number of aryl methyl sites for hydroxylation is 2. The zero-order chi connectivity index (χ0) is 14.1. The lowest BCUT2D eigenvalue weighted by Gasteiger charge is -2.07. The fourth-order valence-corrected chi connectivity index (χ4v) is 1.95. The number of rotatable bonds is 2. The Kier molecular flexibility index (Phi) is 2.99. The van der Waals surface area contributed by atoms with Crippen LogP contribution >= 0.6 is 0 Å². The molecular weight excluding hydrogens is 250 g/mol. The fraction of sp³-hybridized carbons (Fsp3) is 0.125. The van der Waals surface area contributed by atoms with E-state index in [0.29, 0.717) is 5.69 Å². The molecule has 0 saturated heterocycles. The third kappa shape index (κ3) is 2.40. The normalized spacial score (nSPS) is 10.7. The monoisotopic (exact) mass is 265 g/mol. The van der Waals surface area contributed by atoms with Crippen LogP contribution in [0.1, 0.15) is 11.4 Å². The standard InChI is InChI=1S/C16H15N3O/c1-10-11(2)19-16-9-14(7-8-15(16)18-10)20-13-5-3-12(17)4-6-13/h3-9H,17H2,1-2H3. The maximum atomic E-state index is 5.79. The van der Waals surface area contributed by atoms with E-state index in [1.54, 1.807) is 0 Å². The van der Waals surface area contributed by atoms with Gasteiger partial charge in [0.2, 0.25) is 0 Å². The smallest absolute Gasteiger partial charge is 0.129 e. The number of nitrogens with zero attached hydrogens (tertiary/aromatic N) is 2. The molecule has 0 aliphatic carbocycles. The highest BCUT2D eigenvalue weighted by Gasteiger charge is 2.04. The lowest BCUT2D eigenvalue weighted by Crippen LogP contribution is -1.94. The van der Waals surface area contributed by atoms with Gasteiger partial charge in [0, 0.05) is 11.8 Å². The second-order valence-electron chi connectivity index (χ2n) is 4.72. The van der Waals surface area contributed by atoms with Crippen LogP contribution < -0.4 is 10.5 Å². The summed E-state index contributed by atoms with van der Waals surface area (Å²) in [5.74, 6) is 1.48. The van der Waals surface area contributed by atoms with Crippen LogP contribution in [0, 0.1) is 13.8 Å². The molecule has 0 aliphatic heterocycles. The van der Waals surface area contributed by atoms with Crippen molar-refractivity contribution in [2.24, 2.45) is 0 Å². The average molecular weight is 265 g/mol. The predicted octanol–water partition coefficient (Wildman–Crippen LogP) is 3.62. The van der Waals surface area contributed by atoms with Crippen molar-refractivity contribution >= 4 is 16.7 Å². The van der Waals surface area contributed by atoms with Crippen LogP contribution in [-0.2, 0) is 0 Å². The van der Waals surface area contributed by atoms with Crippen molar-refractivity contribution in [3.63, 3.8) is 0 Å². The van der Waals surface area contributed by atoms with Gasteiger partial charge in [-0.3, -0.25) is 0 Å². The number of nitrogen functional groups attached to an aromatic ring is 1. The molecule has 0 atom stereocenters. The first-order valence-corrected chi connectivity index (χ1v) is 6.40. The third-order valence-electron chi connectivity index (χ3n) is 3.16. The summed E-state index contributed by atoms with van der Waals surface area (Å²) in [5, 5.41) is 0. The van der Waals surface area contributed by atoms with Crippen LogP contribution in [0.5, 0.6) is 11.5 Å². The van der Waals surface area contributed by atoms with E-state index in [-0.39, 0.29) is 0 Å². The van der Waals surface area contributed by atoms with E-state index in [0.717, 1.165) is 33.9 Å². The molecule has 2 N–H and O–H groups in total. The van der Waals surface area contributed by atoms with Gasteiger partial charge in [-0.1, -0.05) is 0 Å². The largest absolute Gasteiger partial charge is 0.457 e. The Morgan fingerprint density at radius 2 is 1.40 bits per heavy atom. The molecule has 4 nitrogen and oxygen atoms in total. The van der Waals surface area contributed by atoms with Gasteiger partial charge in [-0.15, -0.1) is 0 Å². The van der Waals surface area contributed by atoms with Gasteiger partial charge < -0.3 is 10.5 Å². The van der Waals surface area contributed by atoms with Crippen LogP contribution in [0.2, 0.25) is 0 Å². The molecule has 100 valence electrons. The van der Waals surface area contributed by atoms with E-state index < -0.39 is 0 Å². The summed E-state index contributed by atoms with van der Waals surface area (Å²) in [4.78, 5) is 9.03. The first kappa shape index (κ1) is 12.4. The third-order valence-corrected chi connectivity index (χ3v) is 3.16. The molecule has 0 bridgehead atoms. The summed E-state index contributed by atoms with van der Waals surface area (Å²) in [6.07, 6.45) is 0. The molecule has 3 rings (SSSR count). The minimum Gasteiger partial charge on any atom is -0.457 e. The number of anilines is 1. The second-order valence-corrected chi connectivity index (χ2v) is 4.72. The summed E-state index contributed by atoms with van der Waals surface area (Å²) in [7, 11) is 0. The van der Waals surface area contributed by atoms with Gasteiger partial charge in [0.05, 0.1) is 22.4 Å². The van der Waals surface area contributed by atoms with Crippen molar-refractivity contribution in [1.29, 1.82) is 0 Å². The molecule has 0 unspecified atom stereocenters. The summed E-state index contributed by atoms with van der Waals surface area (Å²) in [6, 6.07) is 13.0. The van der Waals surface area contributed by atoms with E-state index in [1.807, 2.05) is 56.3 Å². The molecule has 0 aliphatic rings. The molecule has 3 aromatic rings. The first-order valence-electron chi connectivity index (χ1n) is 6.40. The Balaban J connectivity index is 1.96. The summed E-state index contributed by atoms with van der Waals surface area (Å²) in [6.45, 7) is 3.91. The van der Waals surface area contributed by atoms with Gasteiger partial charge in [-0.25, -0.2) is 9.97 Å². The van der Waals surface area contributed by atoms with E-state index in [9.17, 15) is 0 Å². The van der Waals surface area contributed by atoms with Crippen LogP contribution in [0.3, 0.4) is 0 Å². The summed E-state index contributed by atoms with van der Waals surface area (Å²) < 4.78 is 5.79. The molecule has 1 heterocycles. The highest BCUT2D eigenvalue weighted by Crippen LogP contribution is 2.25. The molecule has 0 saturated carbocycles. The van der Waals surface area contributed by atoms with Crippen LogP contribution in [0.4, 0.5) is 5.69 Å². The quantitative estimate of drug-likeness (QED) is 0.719. The van der Waals surface area contributed by atoms with Crippen molar-refractivity contribution in [1.82, 2.24) is 9.97 Å². The molecule has 0 amide bonds. The average Bonchev–Trinajstić information content (AvgIpc) is 2.43. The molecule has 1 aromatic heterocycles. The zero-order valence-corrected chi connectivity index (χ0v) is 11.4. The fourth-order valence-electron chi connectivity index (χ4n) is 1.95. The molecule has 2 aromatic carbocycles. The Labute approximate surface area is 117 Å². The van der Waals surface area contributed by atoms with E-state index >= 15 is 0 Å². The minimum atomic E-state index is 0.716. The van der Waals surface area contributed by atoms with E-state index in [4.69, 9.17) is 10.5 Å². The van der Waals surface area contributed by atoms with Gasteiger partial charge in [-0.2, -0.15) is 0 Å². The lowest BCUT2D eigenvalue weighted by molar-refractivity contribution is 0.483. The van der Waals surface area contributed by atoms with E-state index in [2.05, 4.69) is 9.97 Å². The van der Waals surface area contributed by atoms with Gasteiger partial charge >= 0.3 is 0 Å². The van der Waals surface area contributed by atoms with Crippen molar-refractivity contribution in [3.8, 4) is 11.5 Å². The molecule has 4 heteroatoms. The van der Waals surface area contributed by atoms with Gasteiger partial charge in [-0.05, 0) is 50.2 Å². The van der Waals surface area contributed by atoms with Crippen LogP contribution in [0.15, 0.2) is 42.5 Å². The first-order chi connectivity index (χ1) is 9.61. The van der Waals surface area contributed by atoms with E-state index in [1.165, 1.54) is 0 Å². The molecule has 0 fully saturated rings. The lowest BCUT2D eigenvalue weighted by atomic mass is 10.2. The zero-order valence-electron chi connectivity index (χ0n) is 11.4. The SMILES string of the molecule is Cc1nc2ccc(Oc3ccc(N)cc3)cc2nc1C. The molecule has 20 heavy (non-hydrogen) atoms. The minimum absolute atomic E-state index is 0.716. The Bertz CT molecular complexity index is 767. The number of ether oxygens (including phenoxy) is 1. The summed E-state index contributed by atoms with van der Waals surface area (Å²) in [5.41, 5.74) is 9.96. The van der Waals surface area contributed by atoms with Crippen molar-refractivity contribution in [2.75, 3.05) is 5.73 Å². The number of aromatic nitrogens is 2. The molecular formula is C16H15N3O. The Morgan fingerprint density at radius 3 is 2.10 bits per heavy atom. The Morgan fingerprint density at radius 1 is 0.800 bits per heavy atom. The number of fused-ring (bicyclic) bond motifs is 1. The topological polar surface area (TPSA) is 61.0 Å². The molecule has 0 radical (unpaired) electrons. The predicted molar refractivity (Wildman–Crippen MR) is 79.9 cm³/mol. The number of hydrogen-bond donors (Lipinski definition) is 1. The number of nitrogens with two attached hydrogens (primary N) is 1. The van der Waals surface area contributed by atoms with Gasteiger partial charge in [0.1, 0.15) is 11.5 Å². The van der Waals surface area contributed by atoms with Crippen LogP contribution in [0.25, 0.3) is 11.0 Å². The summed E-state index contributed by atoms with van der Waals surface area (Å²) >= 11 is 0.